The molecule has 0 saturated carbocycles. The molecule has 1 aromatic carbocycles. The lowest BCUT2D eigenvalue weighted by Crippen LogP contribution is -2.49. The zero-order valence-electron chi connectivity index (χ0n) is 12.4. The molecule has 0 aromatic heterocycles. The van der Waals surface area contributed by atoms with Crippen LogP contribution in [0.4, 0.5) is 10.5 Å². The van der Waals surface area contributed by atoms with Crippen LogP contribution < -0.4 is 5.32 Å². The summed E-state index contributed by atoms with van der Waals surface area (Å²) in [6.07, 6.45) is -0.0630. The van der Waals surface area contributed by atoms with Crippen molar-refractivity contribution in [2.75, 3.05) is 18.4 Å². The van der Waals surface area contributed by atoms with Gasteiger partial charge in [0.15, 0.2) is 0 Å². The van der Waals surface area contributed by atoms with E-state index in [0.717, 1.165) is 0 Å². The van der Waals surface area contributed by atoms with Crippen LogP contribution in [0.5, 0.6) is 0 Å². The molecule has 0 radical (unpaired) electrons. The number of ether oxygens (including phenoxy) is 1. The Labute approximate surface area is 123 Å². The molecule has 1 saturated heterocycles. The number of carboxylic acid groups (broad SMARTS) is 1. The number of benzene rings is 1. The molecule has 1 fully saturated rings. The van der Waals surface area contributed by atoms with Crippen molar-refractivity contribution in [1.29, 1.82) is 0 Å². The first-order chi connectivity index (χ1) is 9.88. The third kappa shape index (κ3) is 3.52. The first-order valence-electron chi connectivity index (χ1n) is 6.92. The summed E-state index contributed by atoms with van der Waals surface area (Å²) in [7, 11) is 0. The van der Waals surface area contributed by atoms with Crippen LogP contribution in [0.1, 0.15) is 29.8 Å². The van der Waals surface area contributed by atoms with Gasteiger partial charge in [0.1, 0.15) is 0 Å². The summed E-state index contributed by atoms with van der Waals surface area (Å²) in [5, 5.41) is 12.0. The second kappa shape index (κ2) is 6.13. The van der Waals surface area contributed by atoms with E-state index in [9.17, 15) is 14.7 Å². The second-order valence-corrected chi connectivity index (χ2v) is 5.40. The molecule has 6 nitrogen and oxygen atoms in total. The third-order valence-electron chi connectivity index (χ3n) is 3.44. The number of amides is 2. The Morgan fingerprint density at radius 1 is 1.29 bits per heavy atom. The van der Waals surface area contributed by atoms with E-state index in [1.54, 1.807) is 30.0 Å². The van der Waals surface area contributed by atoms with E-state index >= 15 is 0 Å². The summed E-state index contributed by atoms with van der Waals surface area (Å²) in [4.78, 5) is 25.3. The van der Waals surface area contributed by atoms with Crippen molar-refractivity contribution in [2.45, 2.75) is 33.0 Å². The van der Waals surface area contributed by atoms with Crippen molar-refractivity contribution < 1.29 is 19.4 Å². The Balaban J connectivity index is 2.16. The molecular formula is C15H20N2O4. The van der Waals surface area contributed by atoms with Gasteiger partial charge in [-0.25, -0.2) is 9.59 Å². The molecule has 2 unspecified atom stereocenters. The highest BCUT2D eigenvalue weighted by Gasteiger charge is 2.26. The van der Waals surface area contributed by atoms with Gasteiger partial charge in [0.05, 0.1) is 23.5 Å². The fourth-order valence-electron chi connectivity index (χ4n) is 2.59. The highest BCUT2D eigenvalue weighted by Crippen LogP contribution is 2.21. The second-order valence-electron chi connectivity index (χ2n) is 5.40. The minimum absolute atomic E-state index is 0.0315. The highest BCUT2D eigenvalue weighted by atomic mass is 16.5. The summed E-state index contributed by atoms with van der Waals surface area (Å²) in [5.74, 6) is -1.05. The Kier molecular flexibility index (Phi) is 4.47. The molecule has 1 heterocycles. The van der Waals surface area contributed by atoms with Gasteiger partial charge in [0.2, 0.25) is 0 Å². The maximum Gasteiger partial charge on any atom is 0.338 e. The minimum atomic E-state index is -1.05. The van der Waals surface area contributed by atoms with Crippen molar-refractivity contribution in [2.24, 2.45) is 0 Å². The number of carboxylic acids is 1. The summed E-state index contributed by atoms with van der Waals surface area (Å²) in [5.41, 5.74) is 1.06. The zero-order chi connectivity index (χ0) is 15.6. The molecule has 2 N–H and O–H groups in total. The SMILES string of the molecule is Cc1cccc(NC(=O)N2CC(C)OC(C)C2)c1C(=O)O. The van der Waals surface area contributed by atoms with Gasteiger partial charge in [0, 0.05) is 13.1 Å². The van der Waals surface area contributed by atoms with Crippen molar-refractivity contribution in [3.05, 3.63) is 29.3 Å². The lowest BCUT2D eigenvalue weighted by Gasteiger charge is -2.35. The van der Waals surface area contributed by atoms with Gasteiger partial charge in [-0.1, -0.05) is 12.1 Å². The lowest BCUT2D eigenvalue weighted by molar-refractivity contribution is -0.0530. The summed E-state index contributed by atoms with van der Waals surface area (Å²) in [6.45, 7) is 6.50. The maximum absolute atomic E-state index is 12.3. The van der Waals surface area contributed by atoms with E-state index in [1.807, 2.05) is 13.8 Å². The van der Waals surface area contributed by atoms with Gasteiger partial charge in [-0.2, -0.15) is 0 Å². The Morgan fingerprint density at radius 2 is 1.90 bits per heavy atom. The Morgan fingerprint density at radius 3 is 2.48 bits per heavy atom. The van der Waals surface area contributed by atoms with Crippen LogP contribution in [-0.4, -0.2) is 47.3 Å². The molecule has 21 heavy (non-hydrogen) atoms. The van der Waals surface area contributed by atoms with Crippen LogP contribution in [0.2, 0.25) is 0 Å². The molecule has 1 aliphatic rings. The average molecular weight is 292 g/mol. The van der Waals surface area contributed by atoms with Crippen LogP contribution in [0.3, 0.4) is 0 Å². The van der Waals surface area contributed by atoms with Crippen molar-refractivity contribution in [1.82, 2.24) is 4.90 Å². The predicted molar refractivity (Wildman–Crippen MR) is 78.7 cm³/mol. The number of rotatable bonds is 2. The molecule has 0 bridgehead atoms. The van der Waals surface area contributed by atoms with Crippen LogP contribution in [-0.2, 0) is 4.74 Å². The van der Waals surface area contributed by atoms with Crippen molar-refractivity contribution in [3.63, 3.8) is 0 Å². The number of urea groups is 1. The summed E-state index contributed by atoms with van der Waals surface area (Å²) < 4.78 is 5.58. The monoisotopic (exact) mass is 292 g/mol. The van der Waals surface area contributed by atoms with Gasteiger partial charge in [-0.3, -0.25) is 0 Å². The van der Waals surface area contributed by atoms with Gasteiger partial charge in [-0.05, 0) is 32.4 Å². The number of nitrogens with zero attached hydrogens (tertiary/aromatic N) is 1. The number of carbonyl (C=O) groups is 2. The first-order valence-corrected chi connectivity index (χ1v) is 6.92. The Hall–Kier alpha value is -2.08. The Bertz CT molecular complexity index is 549. The number of nitrogens with one attached hydrogen (secondary N) is 1. The fourth-order valence-corrected chi connectivity index (χ4v) is 2.59. The normalized spacial score (nSPS) is 22.0. The molecule has 1 aliphatic heterocycles. The highest BCUT2D eigenvalue weighted by molar-refractivity contribution is 6.01. The number of hydrogen-bond acceptors (Lipinski definition) is 3. The number of carbonyl (C=O) groups excluding carboxylic acids is 1. The number of hydrogen-bond donors (Lipinski definition) is 2. The minimum Gasteiger partial charge on any atom is -0.478 e. The fraction of sp³-hybridized carbons (Fsp3) is 0.467. The van der Waals surface area contributed by atoms with E-state index < -0.39 is 5.97 Å². The van der Waals surface area contributed by atoms with Crippen LogP contribution >= 0.6 is 0 Å². The molecule has 2 rings (SSSR count). The number of morpholine rings is 1. The van der Waals surface area contributed by atoms with Crippen molar-refractivity contribution >= 4 is 17.7 Å². The molecule has 1 aromatic rings. The molecule has 6 heteroatoms. The van der Waals surface area contributed by atoms with E-state index in [2.05, 4.69) is 5.32 Å². The molecular weight excluding hydrogens is 272 g/mol. The average Bonchev–Trinajstić information content (AvgIpc) is 2.37. The van der Waals surface area contributed by atoms with Crippen LogP contribution in [0.25, 0.3) is 0 Å². The lowest BCUT2D eigenvalue weighted by atomic mass is 10.1. The molecule has 0 aliphatic carbocycles. The quantitative estimate of drug-likeness (QED) is 0.877. The van der Waals surface area contributed by atoms with E-state index in [1.165, 1.54) is 0 Å². The number of aryl methyl sites for hydroxylation is 1. The first kappa shape index (κ1) is 15.3. The summed E-state index contributed by atoms with van der Waals surface area (Å²) >= 11 is 0. The summed E-state index contributed by atoms with van der Waals surface area (Å²) in [6, 6.07) is 4.73. The topological polar surface area (TPSA) is 78.9 Å². The van der Waals surface area contributed by atoms with Crippen molar-refractivity contribution in [3.8, 4) is 0 Å². The number of aromatic carboxylic acids is 1. The van der Waals surface area contributed by atoms with Crippen LogP contribution in [0, 0.1) is 6.92 Å². The van der Waals surface area contributed by atoms with E-state index in [0.29, 0.717) is 24.3 Å². The maximum atomic E-state index is 12.3. The van der Waals surface area contributed by atoms with Gasteiger partial charge >= 0.3 is 12.0 Å². The smallest absolute Gasteiger partial charge is 0.338 e. The molecule has 2 amide bonds. The van der Waals surface area contributed by atoms with Gasteiger partial charge in [-0.15, -0.1) is 0 Å². The van der Waals surface area contributed by atoms with E-state index in [-0.39, 0.29) is 23.8 Å². The van der Waals surface area contributed by atoms with Gasteiger partial charge in [0.25, 0.3) is 0 Å². The largest absolute Gasteiger partial charge is 0.478 e. The molecule has 114 valence electrons. The predicted octanol–water partition coefficient (Wildman–Crippen LogP) is 2.33. The third-order valence-corrected chi connectivity index (χ3v) is 3.44. The van der Waals surface area contributed by atoms with E-state index in [4.69, 9.17) is 4.74 Å². The molecule has 2 atom stereocenters. The van der Waals surface area contributed by atoms with Gasteiger partial charge < -0.3 is 20.1 Å². The number of anilines is 1. The zero-order valence-corrected chi connectivity index (χ0v) is 12.4. The molecule has 0 spiro atoms. The standard InChI is InChI=1S/C15H20N2O4/c1-9-5-4-6-12(13(9)14(18)19)16-15(20)17-7-10(2)21-11(3)8-17/h4-6,10-11H,7-8H2,1-3H3,(H,16,20)(H,18,19). The van der Waals surface area contributed by atoms with Crippen LogP contribution in [0.15, 0.2) is 18.2 Å².